The lowest BCUT2D eigenvalue weighted by molar-refractivity contribution is -0.121. The summed E-state index contributed by atoms with van der Waals surface area (Å²) in [6.45, 7) is 9.23. The molecule has 2 heteroatoms. The maximum absolute atomic E-state index is 11.4. The minimum absolute atomic E-state index is 0.268. The van der Waals surface area contributed by atoms with E-state index in [0.29, 0.717) is 11.7 Å². The second-order valence-electron chi connectivity index (χ2n) is 5.30. The number of Topliss-reactive ketones (excluding diaryl/α,β-unsaturated/α-hetero) is 1. The van der Waals surface area contributed by atoms with E-state index in [1.807, 2.05) is 18.2 Å². The molecule has 2 nitrogen and oxygen atoms in total. The standard InChI is InChI=1S/C17H21NO/c1-4-15-16(6-5-7-17(15)18-3)14-10-8-13(9-11-14)12(2)19/h4-7,13-14H,1,3,8-11H2,2H3. The van der Waals surface area contributed by atoms with Crippen LogP contribution in [-0.2, 0) is 4.79 Å². The molecule has 0 atom stereocenters. The molecular weight excluding hydrogens is 234 g/mol. The molecule has 1 fully saturated rings. The number of hydrogen-bond acceptors (Lipinski definition) is 2. The molecule has 0 aliphatic heterocycles. The predicted octanol–water partition coefficient (Wildman–Crippen LogP) is 4.52. The molecule has 0 heterocycles. The van der Waals surface area contributed by atoms with Crippen molar-refractivity contribution in [2.75, 3.05) is 0 Å². The second kappa shape index (κ2) is 5.96. The zero-order chi connectivity index (χ0) is 13.8. The van der Waals surface area contributed by atoms with E-state index in [1.165, 1.54) is 5.56 Å². The Morgan fingerprint density at radius 2 is 2.00 bits per heavy atom. The first kappa shape index (κ1) is 13.7. The van der Waals surface area contributed by atoms with Gasteiger partial charge in [0.1, 0.15) is 5.78 Å². The second-order valence-corrected chi connectivity index (χ2v) is 5.30. The van der Waals surface area contributed by atoms with Gasteiger partial charge >= 0.3 is 0 Å². The fraction of sp³-hybridized carbons (Fsp3) is 0.412. The van der Waals surface area contributed by atoms with Crippen molar-refractivity contribution in [3.8, 4) is 0 Å². The highest BCUT2D eigenvalue weighted by Crippen LogP contribution is 2.39. The monoisotopic (exact) mass is 255 g/mol. The number of ketones is 1. The van der Waals surface area contributed by atoms with Crippen molar-refractivity contribution in [1.82, 2.24) is 0 Å². The van der Waals surface area contributed by atoms with Gasteiger partial charge in [-0.05, 0) is 56.9 Å². The molecule has 0 saturated heterocycles. The van der Waals surface area contributed by atoms with Gasteiger partial charge in [0, 0.05) is 11.5 Å². The van der Waals surface area contributed by atoms with Crippen molar-refractivity contribution in [1.29, 1.82) is 0 Å². The maximum Gasteiger partial charge on any atom is 0.132 e. The third-order valence-corrected chi connectivity index (χ3v) is 4.23. The van der Waals surface area contributed by atoms with Crippen molar-refractivity contribution in [2.45, 2.75) is 38.5 Å². The zero-order valence-electron chi connectivity index (χ0n) is 11.6. The van der Waals surface area contributed by atoms with E-state index in [0.717, 1.165) is 36.9 Å². The molecule has 0 amide bonds. The van der Waals surface area contributed by atoms with E-state index in [4.69, 9.17) is 0 Å². The fourth-order valence-corrected chi connectivity index (χ4v) is 3.10. The highest BCUT2D eigenvalue weighted by atomic mass is 16.1. The van der Waals surface area contributed by atoms with Gasteiger partial charge in [-0.15, -0.1) is 0 Å². The smallest absolute Gasteiger partial charge is 0.132 e. The van der Waals surface area contributed by atoms with Gasteiger partial charge in [-0.1, -0.05) is 24.8 Å². The summed E-state index contributed by atoms with van der Waals surface area (Å²) in [5.74, 6) is 1.12. The van der Waals surface area contributed by atoms with Crippen LogP contribution in [0.15, 0.2) is 29.8 Å². The number of benzene rings is 1. The van der Waals surface area contributed by atoms with Crippen molar-refractivity contribution in [2.24, 2.45) is 10.9 Å². The van der Waals surface area contributed by atoms with Crippen LogP contribution in [0.25, 0.3) is 6.08 Å². The molecule has 2 rings (SSSR count). The summed E-state index contributed by atoms with van der Waals surface area (Å²) < 4.78 is 0. The van der Waals surface area contributed by atoms with Crippen LogP contribution in [-0.4, -0.2) is 12.5 Å². The Labute approximate surface area is 115 Å². The minimum Gasteiger partial charge on any atom is -0.300 e. The lowest BCUT2D eigenvalue weighted by atomic mass is 9.76. The van der Waals surface area contributed by atoms with Gasteiger partial charge in [0.15, 0.2) is 0 Å². The van der Waals surface area contributed by atoms with Crippen LogP contribution in [0.3, 0.4) is 0 Å². The van der Waals surface area contributed by atoms with Gasteiger partial charge < -0.3 is 0 Å². The van der Waals surface area contributed by atoms with E-state index in [9.17, 15) is 4.79 Å². The lowest BCUT2D eigenvalue weighted by Crippen LogP contribution is -2.19. The Bertz CT molecular complexity index is 496. The predicted molar refractivity (Wildman–Crippen MR) is 81.1 cm³/mol. The summed E-state index contributed by atoms with van der Waals surface area (Å²) in [6.07, 6.45) is 6.03. The van der Waals surface area contributed by atoms with Gasteiger partial charge in [0.2, 0.25) is 0 Å². The van der Waals surface area contributed by atoms with E-state index in [1.54, 1.807) is 6.92 Å². The average molecular weight is 255 g/mol. The minimum atomic E-state index is 0.268. The summed E-state index contributed by atoms with van der Waals surface area (Å²) >= 11 is 0. The van der Waals surface area contributed by atoms with Gasteiger partial charge in [-0.3, -0.25) is 9.79 Å². The summed E-state index contributed by atoms with van der Waals surface area (Å²) in [7, 11) is 0. The van der Waals surface area contributed by atoms with Gasteiger partial charge in [-0.25, -0.2) is 0 Å². The average Bonchev–Trinajstić information content (AvgIpc) is 2.46. The summed E-state index contributed by atoms with van der Waals surface area (Å²) in [5, 5.41) is 0. The van der Waals surface area contributed by atoms with Crippen molar-refractivity contribution in [3.63, 3.8) is 0 Å². The topological polar surface area (TPSA) is 29.4 Å². The molecule has 1 aromatic carbocycles. The molecule has 19 heavy (non-hydrogen) atoms. The third-order valence-electron chi connectivity index (χ3n) is 4.23. The first-order valence-corrected chi connectivity index (χ1v) is 6.90. The molecule has 100 valence electrons. The molecule has 0 bridgehead atoms. The fourth-order valence-electron chi connectivity index (χ4n) is 3.10. The number of rotatable bonds is 4. The van der Waals surface area contributed by atoms with Crippen LogP contribution in [0.1, 0.15) is 49.7 Å². The molecule has 0 N–H and O–H groups in total. The van der Waals surface area contributed by atoms with Crippen LogP contribution in [0, 0.1) is 5.92 Å². The Morgan fingerprint density at radius 3 is 2.53 bits per heavy atom. The summed E-state index contributed by atoms with van der Waals surface area (Å²) in [5.41, 5.74) is 3.31. The zero-order valence-corrected chi connectivity index (χ0v) is 11.6. The summed E-state index contributed by atoms with van der Waals surface area (Å²) in [6, 6.07) is 6.16. The first-order chi connectivity index (χ1) is 9.17. The highest BCUT2D eigenvalue weighted by molar-refractivity contribution is 5.78. The molecule has 1 saturated carbocycles. The van der Waals surface area contributed by atoms with Gasteiger partial charge in [0.05, 0.1) is 5.69 Å². The van der Waals surface area contributed by atoms with Gasteiger partial charge in [-0.2, -0.15) is 0 Å². The number of hydrogen-bond donors (Lipinski definition) is 0. The molecule has 0 radical (unpaired) electrons. The van der Waals surface area contributed by atoms with E-state index in [-0.39, 0.29) is 5.92 Å². The number of aliphatic imine (C=N–C) groups is 1. The van der Waals surface area contributed by atoms with E-state index in [2.05, 4.69) is 24.4 Å². The molecule has 0 aromatic heterocycles. The van der Waals surface area contributed by atoms with Crippen LogP contribution >= 0.6 is 0 Å². The summed E-state index contributed by atoms with van der Waals surface area (Å²) in [4.78, 5) is 15.5. The Hall–Kier alpha value is -1.70. The Morgan fingerprint density at radius 1 is 1.32 bits per heavy atom. The molecule has 0 spiro atoms. The normalized spacial score (nSPS) is 22.8. The molecule has 1 aliphatic rings. The molecule has 1 aromatic rings. The molecule has 1 aliphatic carbocycles. The SMILES string of the molecule is C=Cc1c(N=C)cccc1C1CCC(C(C)=O)CC1. The number of carbonyl (C=O) groups is 1. The Kier molecular flexibility index (Phi) is 4.31. The Balaban J connectivity index is 2.22. The molecular formula is C17H21NO. The highest BCUT2D eigenvalue weighted by Gasteiger charge is 2.26. The van der Waals surface area contributed by atoms with E-state index >= 15 is 0 Å². The van der Waals surface area contributed by atoms with Crippen LogP contribution < -0.4 is 0 Å². The lowest BCUT2D eigenvalue weighted by Gasteiger charge is -2.28. The number of nitrogens with zero attached hydrogens (tertiary/aromatic N) is 1. The van der Waals surface area contributed by atoms with Crippen molar-refractivity contribution < 1.29 is 4.79 Å². The van der Waals surface area contributed by atoms with Crippen LogP contribution in [0.2, 0.25) is 0 Å². The van der Waals surface area contributed by atoms with Crippen molar-refractivity contribution in [3.05, 3.63) is 35.9 Å². The molecule has 0 unspecified atom stereocenters. The van der Waals surface area contributed by atoms with Crippen LogP contribution in [0.4, 0.5) is 5.69 Å². The van der Waals surface area contributed by atoms with Gasteiger partial charge in [0.25, 0.3) is 0 Å². The maximum atomic E-state index is 11.4. The van der Waals surface area contributed by atoms with Crippen LogP contribution in [0.5, 0.6) is 0 Å². The third kappa shape index (κ3) is 2.83. The van der Waals surface area contributed by atoms with E-state index < -0.39 is 0 Å². The largest absolute Gasteiger partial charge is 0.300 e. The number of carbonyl (C=O) groups excluding carboxylic acids is 1. The first-order valence-electron chi connectivity index (χ1n) is 6.90. The van der Waals surface area contributed by atoms with Crippen molar-refractivity contribution >= 4 is 24.3 Å². The quantitative estimate of drug-likeness (QED) is 0.727.